The van der Waals surface area contributed by atoms with E-state index in [1.807, 2.05) is 6.07 Å². The summed E-state index contributed by atoms with van der Waals surface area (Å²) in [6.45, 7) is 2.09. The van der Waals surface area contributed by atoms with Crippen molar-refractivity contribution in [2.24, 2.45) is 0 Å². The number of nitrogen functional groups attached to an aromatic ring is 1. The zero-order chi connectivity index (χ0) is 8.27. The van der Waals surface area contributed by atoms with Crippen molar-refractivity contribution >= 4 is 17.4 Å². The molecule has 1 unspecified atom stereocenters. The monoisotopic (exact) mass is 173 g/mol. The van der Waals surface area contributed by atoms with Crippen LogP contribution < -0.4 is 5.73 Å². The van der Waals surface area contributed by atoms with Crippen molar-refractivity contribution < 1.29 is 0 Å². The van der Waals surface area contributed by atoms with Crippen molar-refractivity contribution in [1.82, 2.24) is 10.2 Å². The quantitative estimate of drug-likeness (QED) is 0.684. The number of alkyl halides is 1. The van der Waals surface area contributed by atoms with Crippen LogP contribution in [-0.4, -0.2) is 16.1 Å². The van der Waals surface area contributed by atoms with Gasteiger partial charge < -0.3 is 5.73 Å². The highest BCUT2D eigenvalue weighted by Gasteiger charge is 2.06. The van der Waals surface area contributed by atoms with Crippen LogP contribution in [0.5, 0.6) is 0 Å². The lowest BCUT2D eigenvalue weighted by molar-refractivity contribution is 0.707. The molecule has 0 bridgehead atoms. The number of halogens is 1. The smallest absolute Gasteiger partial charge is 0.145 e. The Hall–Kier alpha value is -0.700. The Balaban J connectivity index is 2.60. The number of anilines is 1. The molecule has 1 rings (SSSR count). The van der Waals surface area contributed by atoms with Gasteiger partial charge in [-0.15, -0.1) is 11.6 Å². The third-order valence-corrected chi connectivity index (χ3v) is 1.91. The van der Waals surface area contributed by atoms with E-state index in [0.29, 0.717) is 17.6 Å². The van der Waals surface area contributed by atoms with Gasteiger partial charge in [0, 0.05) is 17.6 Å². The minimum Gasteiger partial charge on any atom is -0.382 e. The lowest BCUT2D eigenvalue weighted by Crippen LogP contribution is -1.94. The molecule has 0 saturated carbocycles. The Morgan fingerprint density at radius 1 is 1.82 bits per heavy atom. The summed E-state index contributed by atoms with van der Waals surface area (Å²) in [6.07, 6.45) is 0.948. The SMILES string of the molecule is CC(CCCl)c1cc(N)n[nH]1. The van der Waals surface area contributed by atoms with Crippen LogP contribution in [-0.2, 0) is 0 Å². The van der Waals surface area contributed by atoms with Gasteiger partial charge in [0.1, 0.15) is 5.82 Å². The molecule has 0 aromatic carbocycles. The van der Waals surface area contributed by atoms with Gasteiger partial charge >= 0.3 is 0 Å². The normalized spacial score (nSPS) is 13.3. The van der Waals surface area contributed by atoms with Crippen LogP contribution in [0.25, 0.3) is 0 Å². The van der Waals surface area contributed by atoms with Crippen LogP contribution in [0, 0.1) is 0 Å². The van der Waals surface area contributed by atoms with Gasteiger partial charge in [0.25, 0.3) is 0 Å². The van der Waals surface area contributed by atoms with Crippen LogP contribution in [0.1, 0.15) is 25.0 Å². The van der Waals surface area contributed by atoms with E-state index in [9.17, 15) is 0 Å². The van der Waals surface area contributed by atoms with E-state index in [1.165, 1.54) is 0 Å². The molecule has 1 aromatic heterocycles. The first kappa shape index (κ1) is 8.40. The second-order valence-electron chi connectivity index (χ2n) is 2.63. The number of aromatic amines is 1. The lowest BCUT2D eigenvalue weighted by Gasteiger charge is -2.04. The summed E-state index contributed by atoms with van der Waals surface area (Å²) in [5, 5.41) is 6.69. The molecular weight excluding hydrogens is 162 g/mol. The van der Waals surface area contributed by atoms with Crippen molar-refractivity contribution in [3.8, 4) is 0 Å². The summed E-state index contributed by atoms with van der Waals surface area (Å²) in [4.78, 5) is 0. The number of hydrogen-bond donors (Lipinski definition) is 2. The van der Waals surface area contributed by atoms with E-state index in [2.05, 4.69) is 17.1 Å². The molecule has 0 spiro atoms. The van der Waals surface area contributed by atoms with Gasteiger partial charge in [-0.1, -0.05) is 6.92 Å². The molecule has 1 atom stereocenters. The van der Waals surface area contributed by atoms with Gasteiger partial charge in [-0.3, -0.25) is 5.10 Å². The van der Waals surface area contributed by atoms with Gasteiger partial charge in [-0.05, 0) is 12.3 Å². The summed E-state index contributed by atoms with van der Waals surface area (Å²) in [6, 6.07) is 1.84. The number of rotatable bonds is 3. The Bertz CT molecular complexity index is 221. The largest absolute Gasteiger partial charge is 0.382 e. The zero-order valence-corrected chi connectivity index (χ0v) is 7.23. The summed E-state index contributed by atoms with van der Waals surface area (Å²) < 4.78 is 0. The van der Waals surface area contributed by atoms with Crippen molar-refractivity contribution in [3.63, 3.8) is 0 Å². The van der Waals surface area contributed by atoms with Gasteiger partial charge in [0.2, 0.25) is 0 Å². The fourth-order valence-corrected chi connectivity index (χ4v) is 1.25. The summed E-state index contributed by atoms with van der Waals surface area (Å²) in [7, 11) is 0. The maximum absolute atomic E-state index is 5.59. The molecular formula is C7H12ClN3. The second kappa shape index (κ2) is 3.62. The van der Waals surface area contributed by atoms with Crippen molar-refractivity contribution in [2.45, 2.75) is 19.3 Å². The van der Waals surface area contributed by atoms with Crippen LogP contribution in [0.3, 0.4) is 0 Å². The van der Waals surface area contributed by atoms with E-state index in [-0.39, 0.29) is 0 Å². The third kappa shape index (κ3) is 2.12. The molecule has 0 aliphatic carbocycles. The number of nitrogens with two attached hydrogens (primary N) is 1. The Morgan fingerprint density at radius 2 is 2.55 bits per heavy atom. The minimum atomic E-state index is 0.414. The first-order chi connectivity index (χ1) is 5.24. The summed E-state index contributed by atoms with van der Waals surface area (Å²) in [5.41, 5.74) is 6.50. The Labute approximate surface area is 70.9 Å². The van der Waals surface area contributed by atoms with E-state index < -0.39 is 0 Å². The summed E-state index contributed by atoms with van der Waals surface area (Å²) in [5.74, 6) is 1.62. The zero-order valence-electron chi connectivity index (χ0n) is 6.47. The first-order valence-corrected chi connectivity index (χ1v) is 4.14. The van der Waals surface area contributed by atoms with E-state index >= 15 is 0 Å². The highest BCUT2D eigenvalue weighted by Crippen LogP contribution is 2.18. The average molecular weight is 174 g/mol. The molecule has 0 aliphatic heterocycles. The van der Waals surface area contributed by atoms with Crippen molar-refractivity contribution in [3.05, 3.63) is 11.8 Å². The predicted molar refractivity (Wildman–Crippen MR) is 46.8 cm³/mol. The van der Waals surface area contributed by atoms with Crippen LogP contribution in [0.2, 0.25) is 0 Å². The van der Waals surface area contributed by atoms with Gasteiger partial charge in [-0.25, -0.2) is 0 Å². The molecule has 62 valence electrons. The van der Waals surface area contributed by atoms with Crippen LogP contribution in [0.15, 0.2) is 6.07 Å². The average Bonchev–Trinajstić information content (AvgIpc) is 2.36. The lowest BCUT2D eigenvalue weighted by atomic mass is 10.1. The molecule has 0 aliphatic rings. The molecule has 0 saturated heterocycles. The molecule has 0 radical (unpaired) electrons. The topological polar surface area (TPSA) is 54.7 Å². The van der Waals surface area contributed by atoms with Crippen molar-refractivity contribution in [1.29, 1.82) is 0 Å². The Morgan fingerprint density at radius 3 is 3.00 bits per heavy atom. The number of hydrogen-bond acceptors (Lipinski definition) is 2. The van der Waals surface area contributed by atoms with E-state index in [0.717, 1.165) is 12.1 Å². The molecule has 1 heterocycles. The predicted octanol–water partition coefficient (Wildman–Crippen LogP) is 1.72. The number of H-pyrrole nitrogens is 1. The molecule has 0 fully saturated rings. The molecule has 0 amide bonds. The number of nitrogens with zero attached hydrogens (tertiary/aromatic N) is 1. The first-order valence-electron chi connectivity index (χ1n) is 3.60. The minimum absolute atomic E-state index is 0.414. The Kier molecular flexibility index (Phi) is 2.76. The van der Waals surface area contributed by atoms with Crippen LogP contribution in [0.4, 0.5) is 5.82 Å². The van der Waals surface area contributed by atoms with E-state index in [4.69, 9.17) is 17.3 Å². The second-order valence-corrected chi connectivity index (χ2v) is 3.00. The van der Waals surface area contributed by atoms with Gasteiger partial charge in [0.15, 0.2) is 0 Å². The molecule has 4 heteroatoms. The number of aromatic nitrogens is 2. The van der Waals surface area contributed by atoms with Crippen LogP contribution >= 0.6 is 11.6 Å². The highest BCUT2D eigenvalue weighted by molar-refractivity contribution is 6.17. The van der Waals surface area contributed by atoms with Crippen molar-refractivity contribution in [2.75, 3.05) is 11.6 Å². The molecule has 3 nitrogen and oxygen atoms in total. The fraction of sp³-hybridized carbons (Fsp3) is 0.571. The molecule has 3 N–H and O–H groups in total. The van der Waals surface area contributed by atoms with E-state index in [1.54, 1.807) is 0 Å². The number of nitrogens with one attached hydrogen (secondary N) is 1. The molecule has 11 heavy (non-hydrogen) atoms. The van der Waals surface area contributed by atoms with Gasteiger partial charge in [0.05, 0.1) is 0 Å². The third-order valence-electron chi connectivity index (χ3n) is 1.69. The fourth-order valence-electron chi connectivity index (χ4n) is 0.925. The standard InChI is InChI=1S/C7H12ClN3/c1-5(2-3-8)6-4-7(9)11-10-6/h4-5H,2-3H2,1H3,(H3,9,10,11). The highest BCUT2D eigenvalue weighted by atomic mass is 35.5. The molecule has 1 aromatic rings. The van der Waals surface area contributed by atoms with Gasteiger partial charge in [-0.2, -0.15) is 5.10 Å². The maximum Gasteiger partial charge on any atom is 0.145 e. The summed E-state index contributed by atoms with van der Waals surface area (Å²) >= 11 is 5.59. The maximum atomic E-state index is 5.59.